The molecule has 0 aromatic heterocycles. The molecule has 0 atom stereocenters. The summed E-state index contributed by atoms with van der Waals surface area (Å²) in [4.78, 5) is 12.2. The van der Waals surface area contributed by atoms with Crippen LogP contribution in [-0.4, -0.2) is 21.4 Å². The Balaban J connectivity index is 1.95. The maximum Gasteiger partial charge on any atom is 0.262 e. The molecule has 2 N–H and O–H groups in total. The molecule has 0 saturated carbocycles. The van der Waals surface area contributed by atoms with Gasteiger partial charge in [0, 0.05) is 11.4 Å². The summed E-state index contributed by atoms with van der Waals surface area (Å²) in [5, 5.41) is 2.80. The highest BCUT2D eigenvalue weighted by atomic mass is 32.2. The van der Waals surface area contributed by atoms with Gasteiger partial charge in [0.25, 0.3) is 10.0 Å². The maximum absolute atomic E-state index is 12.7. The molecule has 7 heteroatoms. The number of rotatable bonds is 4. The van der Waals surface area contributed by atoms with Crippen molar-refractivity contribution in [1.29, 1.82) is 0 Å². The van der Waals surface area contributed by atoms with E-state index in [9.17, 15) is 13.2 Å². The van der Waals surface area contributed by atoms with Crippen molar-refractivity contribution in [2.45, 2.75) is 31.1 Å². The molecule has 0 bridgehead atoms. The van der Waals surface area contributed by atoms with Gasteiger partial charge in [0.2, 0.25) is 5.91 Å². The molecule has 0 unspecified atom stereocenters. The number of ether oxygens (including phenoxy) is 1. The average Bonchev–Trinajstić information content (AvgIpc) is 2.76. The molecule has 1 aliphatic heterocycles. The van der Waals surface area contributed by atoms with Crippen molar-refractivity contribution in [2.24, 2.45) is 0 Å². The number of anilines is 2. The maximum atomic E-state index is 12.7. The third-order valence-electron chi connectivity index (χ3n) is 4.43. The molecule has 25 heavy (non-hydrogen) atoms. The lowest BCUT2D eigenvalue weighted by Crippen LogP contribution is -2.27. The number of hydrogen-bond donors (Lipinski definition) is 2. The molecule has 1 heterocycles. The molecule has 1 aliphatic rings. The predicted octanol–water partition coefficient (Wildman–Crippen LogP) is 3.03. The van der Waals surface area contributed by atoms with Gasteiger partial charge in [-0.1, -0.05) is 0 Å². The van der Waals surface area contributed by atoms with Crippen molar-refractivity contribution in [3.63, 3.8) is 0 Å². The molecule has 2 aromatic carbocycles. The van der Waals surface area contributed by atoms with Gasteiger partial charge in [-0.05, 0) is 68.3 Å². The van der Waals surface area contributed by atoms with Crippen LogP contribution in [0.2, 0.25) is 0 Å². The van der Waals surface area contributed by atoms with E-state index in [0.29, 0.717) is 22.7 Å². The van der Waals surface area contributed by atoms with Crippen LogP contribution in [-0.2, 0) is 20.2 Å². The minimum atomic E-state index is -3.75. The van der Waals surface area contributed by atoms with Gasteiger partial charge in [-0.25, -0.2) is 8.42 Å². The van der Waals surface area contributed by atoms with Crippen LogP contribution in [0.15, 0.2) is 41.3 Å². The van der Waals surface area contributed by atoms with Gasteiger partial charge in [0.15, 0.2) is 0 Å². The summed E-state index contributed by atoms with van der Waals surface area (Å²) in [6, 6.07) is 9.83. The molecule has 0 radical (unpaired) electrons. The highest BCUT2D eigenvalue weighted by Crippen LogP contribution is 2.39. The summed E-state index contributed by atoms with van der Waals surface area (Å²) in [5.41, 5.74) is 1.78. The van der Waals surface area contributed by atoms with Gasteiger partial charge in [0.1, 0.15) is 5.75 Å². The number of fused-ring (bicyclic) bond motifs is 1. The van der Waals surface area contributed by atoms with Crippen LogP contribution < -0.4 is 14.8 Å². The number of nitrogens with one attached hydrogen (secondary N) is 2. The largest absolute Gasteiger partial charge is 0.497 e. The molecule has 0 fully saturated rings. The third-order valence-corrected chi connectivity index (χ3v) is 5.97. The summed E-state index contributed by atoms with van der Waals surface area (Å²) in [7, 11) is -2.22. The minimum Gasteiger partial charge on any atom is -0.497 e. The zero-order valence-electron chi connectivity index (χ0n) is 14.5. The van der Waals surface area contributed by atoms with Crippen LogP contribution in [0.3, 0.4) is 0 Å². The molecule has 6 nitrogen and oxygen atoms in total. The summed E-state index contributed by atoms with van der Waals surface area (Å²) < 4.78 is 33.1. The first-order chi connectivity index (χ1) is 11.6. The van der Waals surface area contributed by atoms with E-state index in [0.717, 1.165) is 5.56 Å². The van der Waals surface area contributed by atoms with E-state index in [2.05, 4.69) is 10.0 Å². The normalized spacial score (nSPS) is 15.4. The number of methoxy groups -OCH3 is 1. The Morgan fingerprint density at radius 1 is 1.12 bits per heavy atom. The SMILES string of the molecule is COc1ccc(S(=O)(=O)Nc2ccc3c(c2)C(C)(C)C(=O)N3)c(C)c1. The second kappa shape index (κ2) is 5.77. The molecular weight excluding hydrogens is 340 g/mol. The van der Waals surface area contributed by atoms with Crippen molar-refractivity contribution >= 4 is 27.3 Å². The lowest BCUT2D eigenvalue weighted by molar-refractivity contribution is -0.119. The van der Waals surface area contributed by atoms with Crippen LogP contribution in [0.4, 0.5) is 11.4 Å². The zero-order valence-corrected chi connectivity index (χ0v) is 15.3. The number of sulfonamides is 1. The first-order valence-electron chi connectivity index (χ1n) is 7.78. The number of aryl methyl sites for hydroxylation is 1. The lowest BCUT2D eigenvalue weighted by Gasteiger charge is -2.17. The highest BCUT2D eigenvalue weighted by molar-refractivity contribution is 7.92. The summed E-state index contributed by atoms with van der Waals surface area (Å²) >= 11 is 0. The number of carbonyl (C=O) groups excluding carboxylic acids is 1. The van der Waals surface area contributed by atoms with Crippen molar-refractivity contribution in [3.05, 3.63) is 47.5 Å². The van der Waals surface area contributed by atoms with Crippen molar-refractivity contribution in [3.8, 4) is 5.75 Å². The fourth-order valence-corrected chi connectivity index (χ4v) is 4.17. The average molecular weight is 360 g/mol. The van der Waals surface area contributed by atoms with Crippen LogP contribution in [0, 0.1) is 6.92 Å². The fourth-order valence-electron chi connectivity index (χ4n) is 2.90. The Labute approximate surface area is 147 Å². The van der Waals surface area contributed by atoms with Gasteiger partial charge in [-0.3, -0.25) is 9.52 Å². The summed E-state index contributed by atoms with van der Waals surface area (Å²) in [5.74, 6) is 0.494. The van der Waals surface area contributed by atoms with E-state index in [1.807, 2.05) is 0 Å². The van der Waals surface area contributed by atoms with Gasteiger partial charge in [0.05, 0.1) is 17.4 Å². The number of benzene rings is 2. The van der Waals surface area contributed by atoms with Crippen LogP contribution in [0.25, 0.3) is 0 Å². The van der Waals surface area contributed by atoms with E-state index in [-0.39, 0.29) is 10.8 Å². The first kappa shape index (κ1) is 17.3. The number of carbonyl (C=O) groups is 1. The second-order valence-corrected chi connectivity index (χ2v) is 8.23. The van der Waals surface area contributed by atoms with Crippen LogP contribution >= 0.6 is 0 Å². The van der Waals surface area contributed by atoms with Crippen molar-refractivity contribution < 1.29 is 17.9 Å². The smallest absolute Gasteiger partial charge is 0.262 e. The second-order valence-electron chi connectivity index (χ2n) is 6.58. The van der Waals surface area contributed by atoms with Crippen LogP contribution in [0.5, 0.6) is 5.75 Å². The molecule has 0 saturated heterocycles. The highest BCUT2D eigenvalue weighted by Gasteiger charge is 2.38. The Bertz CT molecular complexity index is 965. The Morgan fingerprint density at radius 2 is 1.84 bits per heavy atom. The van der Waals surface area contributed by atoms with Gasteiger partial charge in [-0.15, -0.1) is 0 Å². The monoisotopic (exact) mass is 360 g/mol. The van der Waals surface area contributed by atoms with Crippen molar-refractivity contribution in [1.82, 2.24) is 0 Å². The van der Waals surface area contributed by atoms with Crippen molar-refractivity contribution in [2.75, 3.05) is 17.1 Å². The Morgan fingerprint density at radius 3 is 2.48 bits per heavy atom. The quantitative estimate of drug-likeness (QED) is 0.878. The molecule has 3 rings (SSSR count). The first-order valence-corrected chi connectivity index (χ1v) is 9.27. The summed E-state index contributed by atoms with van der Waals surface area (Å²) in [6.45, 7) is 5.33. The van der Waals surface area contributed by atoms with Gasteiger partial charge < -0.3 is 10.1 Å². The topological polar surface area (TPSA) is 84.5 Å². The lowest BCUT2D eigenvalue weighted by atomic mass is 9.86. The van der Waals surface area contributed by atoms with E-state index in [1.54, 1.807) is 51.1 Å². The molecule has 0 spiro atoms. The fraction of sp³-hybridized carbons (Fsp3) is 0.278. The number of hydrogen-bond acceptors (Lipinski definition) is 4. The van der Waals surface area contributed by atoms with Gasteiger partial charge in [-0.2, -0.15) is 0 Å². The standard InChI is InChI=1S/C18H20N2O4S/c1-11-9-13(24-4)6-8-16(11)25(22,23)20-12-5-7-15-14(10-12)18(2,3)17(21)19-15/h5-10,20H,1-4H3,(H,19,21). The molecule has 1 amide bonds. The zero-order chi connectivity index (χ0) is 18.4. The van der Waals surface area contributed by atoms with Gasteiger partial charge >= 0.3 is 0 Å². The number of amides is 1. The van der Waals surface area contributed by atoms with E-state index in [1.165, 1.54) is 13.2 Å². The molecule has 132 valence electrons. The van der Waals surface area contributed by atoms with E-state index < -0.39 is 15.4 Å². The van der Waals surface area contributed by atoms with Crippen LogP contribution in [0.1, 0.15) is 25.0 Å². The third kappa shape index (κ3) is 2.95. The molecular formula is C18H20N2O4S. The molecule has 2 aromatic rings. The summed E-state index contributed by atoms with van der Waals surface area (Å²) in [6.07, 6.45) is 0. The van der Waals surface area contributed by atoms with E-state index in [4.69, 9.17) is 4.74 Å². The Hall–Kier alpha value is -2.54. The Kier molecular flexibility index (Phi) is 3.99. The minimum absolute atomic E-state index is 0.103. The van der Waals surface area contributed by atoms with E-state index >= 15 is 0 Å². The molecule has 0 aliphatic carbocycles. The predicted molar refractivity (Wildman–Crippen MR) is 96.6 cm³/mol.